The number of carbonyl (C=O) groups excluding carboxylic acids is 1. The van der Waals surface area contributed by atoms with E-state index in [-0.39, 0.29) is 12.1 Å². The van der Waals surface area contributed by atoms with Gasteiger partial charge in [-0.2, -0.15) is 0 Å². The molecule has 0 heterocycles. The number of amides is 1. The summed E-state index contributed by atoms with van der Waals surface area (Å²) in [6, 6.07) is 0. The highest BCUT2D eigenvalue weighted by Crippen LogP contribution is 1.98. The molecular weight excluding hydrogens is 130 g/mol. The largest absolute Gasteiger partial charge is 0.362 e. The van der Waals surface area contributed by atoms with Gasteiger partial charge in [0, 0.05) is 20.6 Å². The predicted octanol–water partition coefficient (Wildman–Crippen LogP) is 0.847. The van der Waals surface area contributed by atoms with Crippen molar-refractivity contribution in [1.29, 1.82) is 0 Å². The van der Waals surface area contributed by atoms with Gasteiger partial charge in [-0.1, -0.05) is 0 Å². The molecule has 1 amide bonds. The molecule has 10 heavy (non-hydrogen) atoms. The molecule has 0 saturated heterocycles. The summed E-state index contributed by atoms with van der Waals surface area (Å²) in [4.78, 5) is 12.5. The molecule has 0 aliphatic carbocycles. The molecule has 1 atom stereocenters. The summed E-state index contributed by atoms with van der Waals surface area (Å²) in [6.07, 6.45) is -0.109. The average Bonchev–Trinajstić information content (AvgIpc) is 1.88. The van der Waals surface area contributed by atoms with Crippen LogP contribution >= 0.6 is 0 Å². The highest BCUT2D eigenvalue weighted by molar-refractivity contribution is 5.73. The Balaban J connectivity index is 3.92. The van der Waals surface area contributed by atoms with Crippen LogP contribution in [0.25, 0.3) is 0 Å². The predicted molar refractivity (Wildman–Crippen MR) is 39.5 cm³/mol. The van der Waals surface area contributed by atoms with Crippen molar-refractivity contribution in [3.05, 3.63) is 0 Å². The molecule has 0 fully saturated rings. The normalized spacial score (nSPS) is 12.8. The Kier molecular flexibility index (Phi) is 4.03. The van der Waals surface area contributed by atoms with E-state index in [1.54, 1.807) is 18.9 Å². The number of ether oxygens (including phenoxy) is 1. The Labute approximate surface area is 62.0 Å². The van der Waals surface area contributed by atoms with Gasteiger partial charge < -0.3 is 9.64 Å². The lowest BCUT2D eigenvalue weighted by Crippen LogP contribution is -2.37. The van der Waals surface area contributed by atoms with Gasteiger partial charge in [-0.3, -0.25) is 4.79 Å². The number of rotatable bonds is 3. The smallest absolute Gasteiger partial charge is 0.221 e. The third kappa shape index (κ3) is 2.35. The van der Waals surface area contributed by atoms with E-state index >= 15 is 0 Å². The summed E-state index contributed by atoms with van der Waals surface area (Å²) in [6.45, 7) is 6.02. The first-order valence-electron chi connectivity index (χ1n) is 3.43. The molecule has 0 N–H and O–H groups in total. The Morgan fingerprint density at radius 3 is 2.30 bits per heavy atom. The number of nitrogens with zero attached hydrogens (tertiary/aromatic N) is 1. The molecule has 0 aromatic carbocycles. The fourth-order valence-corrected chi connectivity index (χ4v) is 0.863. The van der Waals surface area contributed by atoms with Gasteiger partial charge in [0.15, 0.2) is 0 Å². The molecule has 0 rings (SSSR count). The number of hydrogen-bond donors (Lipinski definition) is 0. The van der Waals surface area contributed by atoms with E-state index in [0.717, 1.165) is 0 Å². The van der Waals surface area contributed by atoms with Crippen molar-refractivity contribution in [2.75, 3.05) is 13.7 Å². The summed E-state index contributed by atoms with van der Waals surface area (Å²) < 4.78 is 4.97. The van der Waals surface area contributed by atoms with Crippen LogP contribution in [0.3, 0.4) is 0 Å². The minimum Gasteiger partial charge on any atom is -0.362 e. The Morgan fingerprint density at radius 1 is 1.70 bits per heavy atom. The first kappa shape index (κ1) is 9.43. The van der Waals surface area contributed by atoms with Gasteiger partial charge >= 0.3 is 0 Å². The van der Waals surface area contributed by atoms with Crippen LogP contribution in [0, 0.1) is 0 Å². The third-order valence-corrected chi connectivity index (χ3v) is 1.53. The van der Waals surface area contributed by atoms with Gasteiger partial charge in [0.05, 0.1) is 0 Å². The second-order valence-corrected chi connectivity index (χ2v) is 2.14. The van der Waals surface area contributed by atoms with Crippen LogP contribution in [0.2, 0.25) is 0 Å². The lowest BCUT2D eigenvalue weighted by molar-refractivity contribution is -0.139. The highest BCUT2D eigenvalue weighted by Gasteiger charge is 2.12. The van der Waals surface area contributed by atoms with Crippen LogP contribution in [-0.2, 0) is 9.53 Å². The maximum Gasteiger partial charge on any atom is 0.221 e. The van der Waals surface area contributed by atoms with E-state index in [1.165, 1.54) is 0 Å². The quantitative estimate of drug-likeness (QED) is 0.551. The first-order chi connectivity index (χ1) is 4.63. The fraction of sp³-hybridized carbons (Fsp3) is 0.857. The number of carbonyl (C=O) groups is 1. The maximum atomic E-state index is 10.8. The van der Waals surface area contributed by atoms with Gasteiger partial charge in [0.1, 0.15) is 6.23 Å². The minimum atomic E-state index is -0.109. The van der Waals surface area contributed by atoms with Crippen molar-refractivity contribution in [1.82, 2.24) is 4.90 Å². The van der Waals surface area contributed by atoms with E-state index in [2.05, 4.69) is 0 Å². The van der Waals surface area contributed by atoms with Gasteiger partial charge in [-0.25, -0.2) is 0 Å². The van der Waals surface area contributed by atoms with Crippen LogP contribution in [0.5, 0.6) is 0 Å². The molecule has 1 unspecified atom stereocenters. The molecule has 0 aliphatic rings. The molecule has 0 aliphatic heterocycles. The average molecular weight is 145 g/mol. The minimum absolute atomic E-state index is 0.0526. The molecule has 0 aromatic rings. The van der Waals surface area contributed by atoms with E-state index < -0.39 is 0 Å². The molecular formula is C7H15NO2. The second-order valence-electron chi connectivity index (χ2n) is 2.14. The van der Waals surface area contributed by atoms with E-state index in [9.17, 15) is 4.79 Å². The molecule has 0 aromatic heterocycles. The monoisotopic (exact) mass is 145 g/mol. The van der Waals surface area contributed by atoms with Crippen LogP contribution in [0.4, 0.5) is 0 Å². The van der Waals surface area contributed by atoms with Crippen LogP contribution in [0.15, 0.2) is 0 Å². The summed E-state index contributed by atoms with van der Waals surface area (Å²) in [5.74, 6) is 0.0526. The number of hydrogen-bond acceptors (Lipinski definition) is 2. The molecule has 0 radical (unpaired) electrons. The Bertz CT molecular complexity index is 114. The van der Waals surface area contributed by atoms with Crippen molar-refractivity contribution >= 4 is 5.91 Å². The summed E-state index contributed by atoms with van der Waals surface area (Å²) in [5.41, 5.74) is 0. The third-order valence-electron chi connectivity index (χ3n) is 1.53. The van der Waals surface area contributed by atoms with E-state index in [1.807, 2.05) is 13.8 Å². The first-order valence-corrected chi connectivity index (χ1v) is 3.43. The molecule has 0 spiro atoms. The lowest BCUT2D eigenvalue weighted by Gasteiger charge is -2.24. The topological polar surface area (TPSA) is 29.5 Å². The van der Waals surface area contributed by atoms with Crippen molar-refractivity contribution in [3.63, 3.8) is 0 Å². The highest BCUT2D eigenvalue weighted by atomic mass is 16.5. The van der Waals surface area contributed by atoms with E-state index in [4.69, 9.17) is 4.74 Å². The van der Waals surface area contributed by atoms with Gasteiger partial charge in [-0.15, -0.1) is 0 Å². The molecule has 0 bridgehead atoms. The zero-order chi connectivity index (χ0) is 8.15. The lowest BCUT2D eigenvalue weighted by atomic mass is 10.4. The standard InChI is InChI=1S/C7H15NO2/c1-5-8(6(2)9)7(3)10-4/h7H,5H2,1-4H3. The van der Waals surface area contributed by atoms with Gasteiger partial charge in [0.2, 0.25) is 5.91 Å². The summed E-state index contributed by atoms with van der Waals surface area (Å²) >= 11 is 0. The van der Waals surface area contributed by atoms with Gasteiger partial charge in [-0.05, 0) is 13.8 Å². The summed E-state index contributed by atoms with van der Waals surface area (Å²) in [5, 5.41) is 0. The van der Waals surface area contributed by atoms with Crippen molar-refractivity contribution in [2.24, 2.45) is 0 Å². The molecule has 60 valence electrons. The zero-order valence-corrected chi connectivity index (χ0v) is 7.05. The SMILES string of the molecule is CCN(C(C)=O)C(C)OC. The van der Waals surface area contributed by atoms with Crippen molar-refractivity contribution < 1.29 is 9.53 Å². The second kappa shape index (κ2) is 4.28. The zero-order valence-electron chi connectivity index (χ0n) is 7.05. The van der Waals surface area contributed by atoms with Crippen LogP contribution < -0.4 is 0 Å². The Morgan fingerprint density at radius 2 is 2.20 bits per heavy atom. The molecule has 3 nitrogen and oxygen atoms in total. The molecule has 3 heteroatoms. The van der Waals surface area contributed by atoms with Crippen LogP contribution in [-0.4, -0.2) is 30.7 Å². The summed E-state index contributed by atoms with van der Waals surface area (Å²) in [7, 11) is 1.59. The van der Waals surface area contributed by atoms with Crippen LogP contribution in [0.1, 0.15) is 20.8 Å². The van der Waals surface area contributed by atoms with E-state index in [0.29, 0.717) is 6.54 Å². The fourth-order valence-electron chi connectivity index (χ4n) is 0.863. The van der Waals surface area contributed by atoms with Gasteiger partial charge in [0.25, 0.3) is 0 Å². The molecule has 0 saturated carbocycles. The maximum absolute atomic E-state index is 10.8. The van der Waals surface area contributed by atoms with Crippen molar-refractivity contribution in [3.8, 4) is 0 Å². The number of methoxy groups -OCH3 is 1. The van der Waals surface area contributed by atoms with Crippen molar-refractivity contribution in [2.45, 2.75) is 27.0 Å². The Hall–Kier alpha value is -0.570.